The number of methoxy groups -OCH3 is 2. The summed E-state index contributed by atoms with van der Waals surface area (Å²) in [5.74, 6) is 1.08. The molecule has 3 rings (SSSR count). The van der Waals surface area contributed by atoms with Crippen molar-refractivity contribution in [2.75, 3.05) is 14.2 Å². The van der Waals surface area contributed by atoms with E-state index in [0.717, 1.165) is 11.3 Å². The zero-order valence-corrected chi connectivity index (χ0v) is 19.6. The van der Waals surface area contributed by atoms with Gasteiger partial charge in [-0.2, -0.15) is 0 Å². The average Bonchev–Trinajstić information content (AvgIpc) is 3.34. The smallest absolute Gasteiger partial charge is 0.268 e. The van der Waals surface area contributed by atoms with Crippen molar-refractivity contribution in [1.29, 1.82) is 0 Å². The second kappa shape index (κ2) is 11.6. The molecule has 2 amide bonds. The molecule has 0 aliphatic carbocycles. The number of nitrogens with one attached hydrogen (secondary N) is 2. The molecule has 0 aliphatic heterocycles. The van der Waals surface area contributed by atoms with Crippen LogP contribution in [0.4, 0.5) is 0 Å². The first-order valence-electron chi connectivity index (χ1n) is 10.7. The highest BCUT2D eigenvalue weighted by molar-refractivity contribution is 6.05. The summed E-state index contributed by atoms with van der Waals surface area (Å²) in [4.78, 5) is 25.9. The van der Waals surface area contributed by atoms with E-state index in [-0.39, 0.29) is 18.3 Å². The van der Waals surface area contributed by atoms with Gasteiger partial charge in [0.15, 0.2) is 11.5 Å². The lowest BCUT2D eigenvalue weighted by molar-refractivity contribution is -0.117. The minimum Gasteiger partial charge on any atom is -0.493 e. The van der Waals surface area contributed by atoms with E-state index in [2.05, 4.69) is 10.6 Å². The van der Waals surface area contributed by atoms with Gasteiger partial charge in [0.05, 0.1) is 26.6 Å². The summed E-state index contributed by atoms with van der Waals surface area (Å²) >= 11 is 0. The number of ether oxygens (including phenoxy) is 3. The predicted molar refractivity (Wildman–Crippen MR) is 128 cm³/mol. The Balaban J connectivity index is 1.76. The summed E-state index contributed by atoms with van der Waals surface area (Å²) in [6.45, 7) is 4.14. The van der Waals surface area contributed by atoms with E-state index in [1.54, 1.807) is 24.3 Å². The summed E-state index contributed by atoms with van der Waals surface area (Å²) in [6.07, 6.45) is 2.99. The Kier molecular flexibility index (Phi) is 8.34. The second-order valence-corrected chi connectivity index (χ2v) is 7.59. The first-order chi connectivity index (χ1) is 16.4. The Morgan fingerprint density at radius 3 is 2.47 bits per heavy atom. The third-order valence-corrected chi connectivity index (χ3v) is 4.69. The lowest BCUT2D eigenvalue weighted by atomic mass is 10.1. The topological polar surface area (TPSA) is 99.0 Å². The van der Waals surface area contributed by atoms with Gasteiger partial charge in [0.2, 0.25) is 0 Å². The van der Waals surface area contributed by atoms with Gasteiger partial charge in [-0.05, 0) is 61.9 Å². The van der Waals surface area contributed by atoms with Crippen LogP contribution in [0.3, 0.4) is 0 Å². The van der Waals surface area contributed by atoms with Gasteiger partial charge in [0, 0.05) is 18.2 Å². The molecule has 0 unspecified atom stereocenters. The van der Waals surface area contributed by atoms with Crippen LogP contribution in [-0.4, -0.2) is 32.1 Å². The summed E-state index contributed by atoms with van der Waals surface area (Å²) in [5, 5.41) is 5.49. The number of amides is 2. The molecule has 0 fully saturated rings. The largest absolute Gasteiger partial charge is 0.493 e. The number of rotatable bonds is 10. The van der Waals surface area contributed by atoms with Gasteiger partial charge in [0.1, 0.15) is 17.2 Å². The Labute approximate surface area is 198 Å². The van der Waals surface area contributed by atoms with Gasteiger partial charge < -0.3 is 29.3 Å². The Morgan fingerprint density at radius 2 is 1.79 bits per heavy atom. The van der Waals surface area contributed by atoms with Crippen molar-refractivity contribution < 1.29 is 28.2 Å². The van der Waals surface area contributed by atoms with E-state index in [1.807, 2.05) is 38.1 Å². The molecular formula is C26H28N2O6. The van der Waals surface area contributed by atoms with Gasteiger partial charge in [-0.3, -0.25) is 9.59 Å². The molecular weight excluding hydrogens is 436 g/mol. The first kappa shape index (κ1) is 24.4. The molecule has 8 nitrogen and oxygen atoms in total. The van der Waals surface area contributed by atoms with Crippen LogP contribution in [0.25, 0.3) is 6.08 Å². The highest BCUT2D eigenvalue weighted by atomic mass is 16.5. The summed E-state index contributed by atoms with van der Waals surface area (Å²) < 4.78 is 21.5. The minimum absolute atomic E-state index is 0.0318. The molecule has 1 aromatic heterocycles. The summed E-state index contributed by atoms with van der Waals surface area (Å²) in [7, 11) is 2.99. The molecule has 1 heterocycles. The van der Waals surface area contributed by atoms with Crippen molar-refractivity contribution in [3.8, 4) is 17.2 Å². The van der Waals surface area contributed by atoms with Gasteiger partial charge in [0.25, 0.3) is 11.8 Å². The van der Waals surface area contributed by atoms with Crippen LogP contribution in [-0.2, 0) is 11.3 Å². The molecule has 0 radical (unpaired) electrons. The first-order valence-corrected chi connectivity index (χ1v) is 10.7. The molecule has 2 aromatic carbocycles. The van der Waals surface area contributed by atoms with Crippen LogP contribution >= 0.6 is 0 Å². The van der Waals surface area contributed by atoms with Crippen molar-refractivity contribution in [2.24, 2.45) is 0 Å². The third kappa shape index (κ3) is 6.65. The molecule has 0 spiro atoms. The minimum atomic E-state index is -0.485. The van der Waals surface area contributed by atoms with Crippen LogP contribution in [0.5, 0.6) is 17.2 Å². The van der Waals surface area contributed by atoms with E-state index >= 15 is 0 Å². The van der Waals surface area contributed by atoms with E-state index in [1.165, 1.54) is 32.6 Å². The van der Waals surface area contributed by atoms with Crippen LogP contribution in [0.2, 0.25) is 0 Å². The van der Waals surface area contributed by atoms with Crippen molar-refractivity contribution in [1.82, 2.24) is 10.6 Å². The number of hydrogen-bond donors (Lipinski definition) is 2. The summed E-state index contributed by atoms with van der Waals surface area (Å²) in [5.41, 5.74) is 1.19. The summed E-state index contributed by atoms with van der Waals surface area (Å²) in [6, 6.07) is 15.6. The molecule has 0 saturated heterocycles. The SMILES string of the molecule is COc1ccc(C(=O)N/C(=C\c2ccco2)C(=O)NCc2cccc(OC(C)C)c2)cc1OC. The van der Waals surface area contributed by atoms with Gasteiger partial charge in [-0.1, -0.05) is 12.1 Å². The van der Waals surface area contributed by atoms with Crippen LogP contribution in [0.1, 0.15) is 35.5 Å². The Morgan fingerprint density at radius 1 is 1.00 bits per heavy atom. The van der Waals surface area contributed by atoms with E-state index in [0.29, 0.717) is 22.8 Å². The van der Waals surface area contributed by atoms with E-state index in [9.17, 15) is 9.59 Å². The van der Waals surface area contributed by atoms with E-state index in [4.69, 9.17) is 18.6 Å². The molecule has 0 saturated carbocycles. The second-order valence-electron chi connectivity index (χ2n) is 7.59. The molecule has 0 aliphatic rings. The number of furan rings is 1. The third-order valence-electron chi connectivity index (χ3n) is 4.69. The van der Waals surface area contributed by atoms with Crippen LogP contribution < -0.4 is 24.8 Å². The maximum absolute atomic E-state index is 13.0. The van der Waals surface area contributed by atoms with Crippen LogP contribution in [0.15, 0.2) is 71.0 Å². The monoisotopic (exact) mass is 464 g/mol. The maximum atomic E-state index is 13.0. The maximum Gasteiger partial charge on any atom is 0.268 e. The van der Waals surface area contributed by atoms with E-state index < -0.39 is 11.8 Å². The molecule has 3 aromatic rings. The molecule has 34 heavy (non-hydrogen) atoms. The fraction of sp³-hybridized carbons (Fsp3) is 0.231. The lowest BCUT2D eigenvalue weighted by Crippen LogP contribution is -2.34. The van der Waals surface area contributed by atoms with Crippen molar-refractivity contribution >= 4 is 17.9 Å². The fourth-order valence-electron chi connectivity index (χ4n) is 3.12. The number of benzene rings is 2. The number of carbonyl (C=O) groups is 2. The fourth-order valence-corrected chi connectivity index (χ4v) is 3.12. The molecule has 2 N–H and O–H groups in total. The average molecular weight is 465 g/mol. The highest BCUT2D eigenvalue weighted by Crippen LogP contribution is 2.27. The normalized spacial score (nSPS) is 11.1. The molecule has 0 atom stereocenters. The zero-order valence-electron chi connectivity index (χ0n) is 19.6. The Hall–Kier alpha value is -4.20. The highest BCUT2D eigenvalue weighted by Gasteiger charge is 2.17. The van der Waals surface area contributed by atoms with Crippen molar-refractivity contribution in [2.45, 2.75) is 26.5 Å². The molecule has 178 valence electrons. The lowest BCUT2D eigenvalue weighted by Gasteiger charge is -2.13. The number of hydrogen-bond acceptors (Lipinski definition) is 6. The zero-order chi connectivity index (χ0) is 24.5. The van der Waals surface area contributed by atoms with Gasteiger partial charge >= 0.3 is 0 Å². The van der Waals surface area contributed by atoms with Gasteiger partial charge in [-0.15, -0.1) is 0 Å². The van der Waals surface area contributed by atoms with Gasteiger partial charge in [-0.25, -0.2) is 0 Å². The van der Waals surface area contributed by atoms with Crippen molar-refractivity contribution in [3.05, 3.63) is 83.4 Å². The Bertz CT molecular complexity index is 1150. The van der Waals surface area contributed by atoms with Crippen molar-refractivity contribution in [3.63, 3.8) is 0 Å². The number of carbonyl (C=O) groups excluding carboxylic acids is 2. The quantitative estimate of drug-likeness (QED) is 0.437. The molecule has 8 heteroatoms. The van der Waals surface area contributed by atoms with Crippen LogP contribution in [0, 0.1) is 0 Å². The molecule has 0 bridgehead atoms. The predicted octanol–water partition coefficient (Wildman–Crippen LogP) is 4.17. The standard InChI is InChI=1S/C26H28N2O6/c1-17(2)34-21-8-5-7-18(13-21)16-27-26(30)22(15-20-9-6-12-33-20)28-25(29)19-10-11-23(31-3)24(14-19)32-4/h5-15,17H,16H2,1-4H3,(H,27,30)(H,28,29)/b22-15-.